The summed E-state index contributed by atoms with van der Waals surface area (Å²) in [5.41, 5.74) is -0.182. The van der Waals surface area contributed by atoms with E-state index in [2.05, 4.69) is 6.07 Å². The number of piperazine rings is 1. The SMILES string of the molecule is CN1C(=O)C23C[C@](C)(C#N)[C@H](c4ccc(Cl)c(Cl)c4)N2C(=O)C1(C)S3. The third kappa shape index (κ3) is 1.82. The molecular weight excluding hydrogens is 381 g/mol. The molecule has 2 bridgehead atoms. The number of carbonyl (C=O) groups excluding carboxylic acids is 2. The molecule has 1 spiro atoms. The first-order valence-electron chi connectivity index (χ1n) is 7.79. The van der Waals surface area contributed by atoms with E-state index in [-0.39, 0.29) is 18.2 Å². The van der Waals surface area contributed by atoms with Gasteiger partial charge in [-0.15, -0.1) is 0 Å². The van der Waals surface area contributed by atoms with Crippen molar-refractivity contribution in [2.24, 2.45) is 5.41 Å². The molecule has 3 heterocycles. The van der Waals surface area contributed by atoms with Crippen molar-refractivity contribution in [2.45, 2.75) is 36.1 Å². The van der Waals surface area contributed by atoms with Gasteiger partial charge in [0.2, 0.25) is 0 Å². The zero-order valence-electron chi connectivity index (χ0n) is 13.8. The lowest BCUT2D eigenvalue weighted by molar-refractivity contribution is -0.159. The summed E-state index contributed by atoms with van der Waals surface area (Å²) in [4.78, 5) is 27.3. The first-order valence-corrected chi connectivity index (χ1v) is 9.36. The lowest BCUT2D eigenvalue weighted by Crippen LogP contribution is -2.60. The van der Waals surface area contributed by atoms with Crippen molar-refractivity contribution in [3.63, 3.8) is 0 Å². The van der Waals surface area contributed by atoms with Gasteiger partial charge in [0.25, 0.3) is 11.8 Å². The third-order valence-electron chi connectivity index (χ3n) is 5.63. The lowest BCUT2D eigenvalue weighted by Gasteiger charge is -2.40. The largest absolute Gasteiger partial charge is 0.320 e. The number of hydrogen-bond acceptors (Lipinski definition) is 4. The molecule has 3 aliphatic rings. The number of likely N-dealkylation sites (N-methyl/N-ethyl adjacent to an activating group) is 1. The number of halogens is 2. The van der Waals surface area contributed by atoms with Crippen LogP contribution in [0.4, 0.5) is 0 Å². The average molecular weight is 396 g/mol. The van der Waals surface area contributed by atoms with Crippen LogP contribution in [-0.2, 0) is 9.59 Å². The molecule has 25 heavy (non-hydrogen) atoms. The van der Waals surface area contributed by atoms with E-state index < -0.39 is 21.2 Å². The second-order valence-electron chi connectivity index (χ2n) is 7.19. The van der Waals surface area contributed by atoms with Crippen molar-refractivity contribution < 1.29 is 9.59 Å². The van der Waals surface area contributed by atoms with Crippen molar-refractivity contribution in [3.8, 4) is 6.07 Å². The van der Waals surface area contributed by atoms with Gasteiger partial charge in [0.15, 0.2) is 9.74 Å². The molecule has 3 saturated heterocycles. The van der Waals surface area contributed by atoms with Gasteiger partial charge in [-0.2, -0.15) is 5.26 Å². The Balaban J connectivity index is 1.93. The Bertz CT molecular complexity index is 887. The first kappa shape index (κ1) is 17.0. The number of fused-ring (bicyclic) bond motifs is 1. The summed E-state index contributed by atoms with van der Waals surface area (Å²) in [6.45, 7) is 3.56. The van der Waals surface area contributed by atoms with Gasteiger partial charge in [-0.25, -0.2) is 0 Å². The summed E-state index contributed by atoms with van der Waals surface area (Å²) in [5, 5.41) is 10.6. The van der Waals surface area contributed by atoms with Crippen LogP contribution in [0.25, 0.3) is 0 Å². The average Bonchev–Trinajstić information content (AvgIpc) is 3.03. The van der Waals surface area contributed by atoms with Crippen LogP contribution >= 0.6 is 35.0 Å². The van der Waals surface area contributed by atoms with Crippen LogP contribution in [0.1, 0.15) is 31.9 Å². The van der Waals surface area contributed by atoms with Crippen LogP contribution in [0.15, 0.2) is 18.2 Å². The monoisotopic (exact) mass is 395 g/mol. The van der Waals surface area contributed by atoms with Gasteiger partial charge in [0, 0.05) is 13.5 Å². The predicted molar refractivity (Wildman–Crippen MR) is 95.9 cm³/mol. The van der Waals surface area contributed by atoms with E-state index in [9.17, 15) is 14.9 Å². The Morgan fingerprint density at radius 2 is 1.92 bits per heavy atom. The minimum atomic E-state index is -1.03. The fourth-order valence-electron chi connectivity index (χ4n) is 4.33. The van der Waals surface area contributed by atoms with Gasteiger partial charge < -0.3 is 9.80 Å². The summed E-state index contributed by atoms with van der Waals surface area (Å²) in [6, 6.07) is 6.91. The molecule has 5 nitrogen and oxygen atoms in total. The highest BCUT2D eigenvalue weighted by atomic mass is 35.5. The maximum atomic E-state index is 13.2. The molecule has 4 atom stereocenters. The van der Waals surface area contributed by atoms with E-state index in [1.807, 2.05) is 0 Å². The van der Waals surface area contributed by atoms with Crippen LogP contribution in [0.3, 0.4) is 0 Å². The number of amides is 2. The van der Waals surface area contributed by atoms with E-state index in [1.165, 1.54) is 16.7 Å². The highest BCUT2D eigenvalue weighted by Gasteiger charge is 2.78. The van der Waals surface area contributed by atoms with E-state index in [0.29, 0.717) is 10.0 Å². The fourth-order valence-corrected chi connectivity index (χ4v) is 6.58. The number of thioether (sulfide) groups is 1. The van der Waals surface area contributed by atoms with Crippen LogP contribution in [0.2, 0.25) is 10.0 Å². The zero-order valence-corrected chi connectivity index (χ0v) is 16.2. The molecule has 3 aliphatic heterocycles. The first-order chi connectivity index (χ1) is 11.6. The number of nitrogens with zero attached hydrogens (tertiary/aromatic N) is 3. The third-order valence-corrected chi connectivity index (χ3v) is 8.07. The molecule has 8 heteroatoms. The molecule has 0 saturated carbocycles. The maximum absolute atomic E-state index is 13.2. The molecule has 0 radical (unpaired) electrons. The Hall–Kier alpha value is -1.42. The Morgan fingerprint density at radius 1 is 1.24 bits per heavy atom. The van der Waals surface area contributed by atoms with Crippen LogP contribution in [0.5, 0.6) is 0 Å². The van der Waals surface area contributed by atoms with Crippen molar-refractivity contribution in [1.82, 2.24) is 9.80 Å². The van der Waals surface area contributed by atoms with Gasteiger partial charge in [0.1, 0.15) is 0 Å². The van der Waals surface area contributed by atoms with Crippen molar-refractivity contribution in [3.05, 3.63) is 33.8 Å². The number of nitriles is 1. The smallest absolute Gasteiger partial charge is 0.261 e. The minimum absolute atomic E-state index is 0.122. The van der Waals surface area contributed by atoms with E-state index in [1.54, 1.807) is 44.0 Å². The molecule has 1 aromatic rings. The van der Waals surface area contributed by atoms with Gasteiger partial charge >= 0.3 is 0 Å². The number of carbonyl (C=O) groups is 2. The highest BCUT2D eigenvalue weighted by molar-refractivity contribution is 8.04. The van der Waals surface area contributed by atoms with Crippen molar-refractivity contribution >= 4 is 46.8 Å². The molecule has 2 amide bonds. The number of rotatable bonds is 1. The van der Waals surface area contributed by atoms with E-state index >= 15 is 0 Å². The summed E-state index contributed by atoms with van der Waals surface area (Å²) >= 11 is 13.5. The summed E-state index contributed by atoms with van der Waals surface area (Å²) < 4.78 is 0. The minimum Gasteiger partial charge on any atom is -0.320 e. The molecule has 1 aromatic carbocycles. The molecular formula is C17H15Cl2N3O2S. The van der Waals surface area contributed by atoms with Crippen molar-refractivity contribution in [2.75, 3.05) is 7.05 Å². The topological polar surface area (TPSA) is 64.4 Å². The maximum Gasteiger partial charge on any atom is 0.261 e. The molecule has 2 unspecified atom stereocenters. The molecule has 3 fully saturated rings. The van der Waals surface area contributed by atoms with Crippen LogP contribution in [0, 0.1) is 16.7 Å². The Morgan fingerprint density at radius 3 is 2.52 bits per heavy atom. The second-order valence-corrected chi connectivity index (χ2v) is 9.68. The fraction of sp³-hybridized carbons (Fsp3) is 0.471. The Labute approximate surface area is 159 Å². The van der Waals surface area contributed by atoms with Crippen molar-refractivity contribution in [1.29, 1.82) is 5.26 Å². The molecule has 0 aliphatic carbocycles. The normalized spacial score (nSPS) is 39.1. The standard InChI is InChI=1S/C17H15Cl2N3O2S/c1-15(8-20)7-17-14(24)21(3)16(2,25-17)13(23)22(17)12(15)9-4-5-10(18)11(19)6-9/h4-6,12H,7H2,1-3H3/t12-,15+,16?,17?/m0/s1. The van der Waals surface area contributed by atoms with Gasteiger partial charge in [-0.05, 0) is 31.5 Å². The number of benzene rings is 1. The summed E-state index contributed by atoms with van der Waals surface area (Å²) in [5.74, 6) is -0.265. The van der Waals surface area contributed by atoms with Crippen LogP contribution in [-0.4, -0.2) is 38.4 Å². The quantitative estimate of drug-likeness (QED) is 0.730. The van der Waals surface area contributed by atoms with Gasteiger partial charge in [-0.3, -0.25) is 9.59 Å². The molecule has 0 N–H and O–H groups in total. The summed E-state index contributed by atoms with van der Waals surface area (Å²) in [7, 11) is 1.65. The zero-order chi connectivity index (χ0) is 18.4. The summed E-state index contributed by atoms with van der Waals surface area (Å²) in [6.07, 6.45) is 0.288. The second kappa shape index (κ2) is 4.85. The van der Waals surface area contributed by atoms with E-state index in [4.69, 9.17) is 23.2 Å². The van der Waals surface area contributed by atoms with Gasteiger partial charge in [0.05, 0.1) is 27.6 Å². The molecule has 0 aromatic heterocycles. The molecule has 130 valence electrons. The molecule has 4 rings (SSSR count). The number of hydrogen-bond donors (Lipinski definition) is 0. The van der Waals surface area contributed by atoms with Gasteiger partial charge in [-0.1, -0.05) is 41.0 Å². The Kier molecular flexibility index (Phi) is 3.30. The highest BCUT2D eigenvalue weighted by Crippen LogP contribution is 2.69. The lowest BCUT2D eigenvalue weighted by atomic mass is 9.79. The van der Waals surface area contributed by atoms with E-state index in [0.717, 1.165) is 5.56 Å². The predicted octanol–water partition coefficient (Wildman–Crippen LogP) is 3.43. The van der Waals surface area contributed by atoms with Crippen LogP contribution < -0.4 is 0 Å².